The summed E-state index contributed by atoms with van der Waals surface area (Å²) >= 11 is 5.36. The van der Waals surface area contributed by atoms with Gasteiger partial charge in [0, 0.05) is 22.5 Å². The number of ether oxygens (including phenoxy) is 1. The van der Waals surface area contributed by atoms with Gasteiger partial charge in [-0.2, -0.15) is 0 Å². The van der Waals surface area contributed by atoms with Crippen LogP contribution in [0.25, 0.3) is 0 Å². The van der Waals surface area contributed by atoms with E-state index in [1.54, 1.807) is 18.4 Å². The highest BCUT2D eigenvalue weighted by Crippen LogP contribution is 2.31. The molecule has 0 saturated carbocycles. The van der Waals surface area contributed by atoms with Crippen molar-refractivity contribution in [2.45, 2.75) is 32.4 Å². The quantitative estimate of drug-likeness (QED) is 0.865. The summed E-state index contributed by atoms with van der Waals surface area (Å²) in [6, 6.07) is 2.49. The minimum Gasteiger partial charge on any atom is -0.382 e. The molecule has 0 radical (unpaired) electrons. The number of nitrogens with one attached hydrogen (secondary N) is 1. The van der Waals surface area contributed by atoms with Gasteiger partial charge in [0.15, 0.2) is 0 Å². The molecule has 1 rings (SSSR count). The number of thiophene rings is 1. The van der Waals surface area contributed by atoms with E-state index in [4.69, 9.17) is 4.74 Å². The van der Waals surface area contributed by atoms with Crippen LogP contribution in [0.5, 0.6) is 0 Å². The molecule has 1 aromatic heterocycles. The van der Waals surface area contributed by atoms with Crippen LogP contribution in [0.15, 0.2) is 15.9 Å². The Morgan fingerprint density at radius 1 is 1.60 bits per heavy atom. The van der Waals surface area contributed by atoms with Crippen molar-refractivity contribution in [3.05, 3.63) is 20.8 Å². The van der Waals surface area contributed by atoms with Gasteiger partial charge in [-0.25, -0.2) is 0 Å². The van der Waals surface area contributed by atoms with Gasteiger partial charge in [-0.05, 0) is 47.3 Å². The first-order valence-electron chi connectivity index (χ1n) is 5.18. The van der Waals surface area contributed by atoms with E-state index in [1.807, 2.05) is 0 Å². The fourth-order valence-electron chi connectivity index (χ4n) is 1.51. The number of halogens is 1. The maximum atomic E-state index is 5.31. The van der Waals surface area contributed by atoms with Crippen molar-refractivity contribution in [1.29, 1.82) is 0 Å². The van der Waals surface area contributed by atoms with Gasteiger partial charge in [-0.3, -0.25) is 0 Å². The van der Waals surface area contributed by atoms with Crippen LogP contribution in [0, 0.1) is 0 Å². The minimum atomic E-state index is 0.281. The summed E-state index contributed by atoms with van der Waals surface area (Å²) in [5, 5.41) is 5.60. The van der Waals surface area contributed by atoms with E-state index in [0.29, 0.717) is 6.04 Å². The second-order valence-electron chi connectivity index (χ2n) is 3.53. The first-order valence-corrected chi connectivity index (χ1v) is 6.85. The van der Waals surface area contributed by atoms with Crippen molar-refractivity contribution < 1.29 is 4.74 Å². The Kier molecular flexibility index (Phi) is 5.82. The fourth-order valence-corrected chi connectivity index (χ4v) is 3.25. The third kappa shape index (κ3) is 3.87. The molecule has 0 fully saturated rings. The Hall–Kier alpha value is 0.100. The standard InChI is InChI=1S/C11H18BrNOS/c1-4-13-10(7-8(2)14-3)11-9(12)5-6-15-11/h5-6,8,10,13H,4,7H2,1-3H3. The molecule has 2 atom stereocenters. The maximum absolute atomic E-state index is 5.31. The summed E-state index contributed by atoms with van der Waals surface area (Å²) in [5.74, 6) is 0. The Bertz CT molecular complexity index is 290. The van der Waals surface area contributed by atoms with Crippen LogP contribution in [0.1, 0.15) is 31.2 Å². The highest BCUT2D eigenvalue weighted by molar-refractivity contribution is 9.10. The second kappa shape index (κ2) is 6.63. The predicted molar refractivity (Wildman–Crippen MR) is 69.5 cm³/mol. The molecule has 1 N–H and O–H groups in total. The van der Waals surface area contributed by atoms with E-state index in [1.165, 1.54) is 9.35 Å². The van der Waals surface area contributed by atoms with Gasteiger partial charge in [-0.15, -0.1) is 11.3 Å². The number of hydrogen-bond acceptors (Lipinski definition) is 3. The van der Waals surface area contributed by atoms with Gasteiger partial charge in [0.1, 0.15) is 0 Å². The molecule has 0 aliphatic carbocycles. The largest absolute Gasteiger partial charge is 0.382 e. The van der Waals surface area contributed by atoms with Crippen molar-refractivity contribution in [3.8, 4) is 0 Å². The molecule has 15 heavy (non-hydrogen) atoms. The van der Waals surface area contributed by atoms with E-state index < -0.39 is 0 Å². The van der Waals surface area contributed by atoms with E-state index in [2.05, 4.69) is 46.5 Å². The van der Waals surface area contributed by atoms with Gasteiger partial charge in [0.2, 0.25) is 0 Å². The average molecular weight is 292 g/mol. The molecule has 2 unspecified atom stereocenters. The fraction of sp³-hybridized carbons (Fsp3) is 0.636. The van der Waals surface area contributed by atoms with E-state index in [9.17, 15) is 0 Å². The summed E-state index contributed by atoms with van der Waals surface area (Å²) in [5.41, 5.74) is 0. The van der Waals surface area contributed by atoms with Crippen molar-refractivity contribution in [3.63, 3.8) is 0 Å². The van der Waals surface area contributed by atoms with Gasteiger partial charge in [0.05, 0.1) is 6.10 Å². The third-order valence-electron chi connectivity index (χ3n) is 2.38. The van der Waals surface area contributed by atoms with Crippen molar-refractivity contribution in [2.75, 3.05) is 13.7 Å². The van der Waals surface area contributed by atoms with Crippen LogP contribution in [-0.2, 0) is 4.74 Å². The smallest absolute Gasteiger partial charge is 0.0561 e. The lowest BCUT2D eigenvalue weighted by Gasteiger charge is -2.20. The molecule has 4 heteroatoms. The summed E-state index contributed by atoms with van der Waals surface area (Å²) in [7, 11) is 1.76. The maximum Gasteiger partial charge on any atom is 0.0561 e. The zero-order valence-electron chi connectivity index (χ0n) is 9.42. The summed E-state index contributed by atoms with van der Waals surface area (Å²) in [6.07, 6.45) is 1.28. The molecule has 86 valence electrons. The number of hydrogen-bond donors (Lipinski definition) is 1. The van der Waals surface area contributed by atoms with Crippen LogP contribution in [0.3, 0.4) is 0 Å². The molecular formula is C11H18BrNOS. The molecule has 0 aromatic carbocycles. The highest BCUT2D eigenvalue weighted by Gasteiger charge is 2.17. The Balaban J connectivity index is 2.69. The lowest BCUT2D eigenvalue weighted by Crippen LogP contribution is -2.24. The lowest BCUT2D eigenvalue weighted by atomic mass is 10.1. The van der Waals surface area contributed by atoms with E-state index in [0.717, 1.165) is 13.0 Å². The van der Waals surface area contributed by atoms with Crippen molar-refractivity contribution in [1.82, 2.24) is 5.32 Å². The second-order valence-corrected chi connectivity index (χ2v) is 5.33. The van der Waals surface area contributed by atoms with E-state index >= 15 is 0 Å². The monoisotopic (exact) mass is 291 g/mol. The molecule has 1 heterocycles. The molecule has 0 bridgehead atoms. The van der Waals surface area contributed by atoms with E-state index in [-0.39, 0.29) is 6.10 Å². The Labute approximate surface area is 104 Å². The van der Waals surface area contributed by atoms with Crippen molar-refractivity contribution in [2.24, 2.45) is 0 Å². The summed E-state index contributed by atoms with van der Waals surface area (Å²) in [6.45, 7) is 5.21. The van der Waals surface area contributed by atoms with Crippen LogP contribution >= 0.6 is 27.3 Å². The van der Waals surface area contributed by atoms with Gasteiger partial charge in [0.25, 0.3) is 0 Å². The molecule has 0 amide bonds. The van der Waals surface area contributed by atoms with Gasteiger partial charge < -0.3 is 10.1 Å². The first-order chi connectivity index (χ1) is 7.19. The normalized spacial score (nSPS) is 15.2. The molecular weight excluding hydrogens is 274 g/mol. The van der Waals surface area contributed by atoms with Crippen LogP contribution < -0.4 is 5.32 Å². The molecule has 1 aromatic rings. The Morgan fingerprint density at radius 2 is 2.33 bits per heavy atom. The lowest BCUT2D eigenvalue weighted by molar-refractivity contribution is 0.101. The summed E-state index contributed by atoms with van der Waals surface area (Å²) < 4.78 is 6.51. The van der Waals surface area contributed by atoms with Crippen molar-refractivity contribution >= 4 is 27.3 Å². The molecule has 0 aliphatic rings. The summed E-state index contributed by atoms with van der Waals surface area (Å²) in [4.78, 5) is 1.36. The highest BCUT2D eigenvalue weighted by atomic mass is 79.9. The van der Waals surface area contributed by atoms with Crippen LogP contribution in [0.2, 0.25) is 0 Å². The zero-order chi connectivity index (χ0) is 11.3. The zero-order valence-corrected chi connectivity index (χ0v) is 11.8. The van der Waals surface area contributed by atoms with Gasteiger partial charge in [-0.1, -0.05) is 6.92 Å². The topological polar surface area (TPSA) is 21.3 Å². The Morgan fingerprint density at radius 3 is 2.80 bits per heavy atom. The average Bonchev–Trinajstić information content (AvgIpc) is 2.63. The minimum absolute atomic E-state index is 0.281. The molecule has 2 nitrogen and oxygen atoms in total. The van der Waals surface area contributed by atoms with Crippen LogP contribution in [0.4, 0.5) is 0 Å². The number of methoxy groups -OCH3 is 1. The molecule has 0 spiro atoms. The van der Waals surface area contributed by atoms with Gasteiger partial charge >= 0.3 is 0 Å². The predicted octanol–water partition coefficient (Wildman–Crippen LogP) is 3.59. The molecule has 0 aliphatic heterocycles. The first kappa shape index (κ1) is 13.2. The molecule has 0 saturated heterocycles. The van der Waals surface area contributed by atoms with Crippen LogP contribution in [-0.4, -0.2) is 19.8 Å². The third-order valence-corrected chi connectivity index (χ3v) is 4.37. The number of rotatable bonds is 6. The SMILES string of the molecule is CCNC(CC(C)OC)c1sccc1Br.